The standard InChI is InChI=1S/C17H21FN4OS.ClH/c1-21-9-8-20-17(21)14-12-19-7-10-22(14)16(23)6-11-24-15-5-3-2-4-13(15)18;/h2-5,8-9,14,19H,6-7,10-12H2,1H3;1H. The first-order valence-electron chi connectivity index (χ1n) is 8.01. The number of hydrogen-bond acceptors (Lipinski definition) is 4. The van der Waals surface area contributed by atoms with Gasteiger partial charge in [-0.05, 0) is 12.1 Å². The number of aryl methyl sites for hydroxylation is 1. The highest BCUT2D eigenvalue weighted by atomic mass is 35.5. The highest BCUT2D eigenvalue weighted by Crippen LogP contribution is 2.24. The van der Waals surface area contributed by atoms with Crippen molar-refractivity contribution < 1.29 is 9.18 Å². The second-order valence-corrected chi connectivity index (χ2v) is 6.87. The van der Waals surface area contributed by atoms with Gasteiger partial charge in [0.05, 0.1) is 0 Å². The van der Waals surface area contributed by atoms with E-state index in [1.165, 1.54) is 17.8 Å². The van der Waals surface area contributed by atoms with Crippen LogP contribution >= 0.6 is 24.2 Å². The Morgan fingerprint density at radius 3 is 2.96 bits per heavy atom. The summed E-state index contributed by atoms with van der Waals surface area (Å²) in [5.41, 5.74) is 0. The maximum atomic E-state index is 13.6. The third kappa shape index (κ3) is 4.74. The van der Waals surface area contributed by atoms with E-state index in [0.717, 1.165) is 12.4 Å². The maximum absolute atomic E-state index is 13.6. The van der Waals surface area contributed by atoms with E-state index in [9.17, 15) is 9.18 Å². The third-order valence-corrected chi connectivity index (χ3v) is 5.18. The molecule has 8 heteroatoms. The lowest BCUT2D eigenvalue weighted by Gasteiger charge is -2.35. The summed E-state index contributed by atoms with van der Waals surface area (Å²) in [5.74, 6) is 1.31. The van der Waals surface area contributed by atoms with Crippen molar-refractivity contribution in [2.45, 2.75) is 17.4 Å². The molecule has 1 fully saturated rings. The number of carbonyl (C=O) groups excluding carboxylic acids is 1. The van der Waals surface area contributed by atoms with Gasteiger partial charge >= 0.3 is 0 Å². The average molecular weight is 385 g/mol. The highest BCUT2D eigenvalue weighted by molar-refractivity contribution is 7.99. The summed E-state index contributed by atoms with van der Waals surface area (Å²) in [7, 11) is 1.94. The van der Waals surface area contributed by atoms with Crippen LogP contribution in [0.5, 0.6) is 0 Å². The molecule has 1 aromatic carbocycles. The van der Waals surface area contributed by atoms with Crippen LogP contribution in [0.15, 0.2) is 41.6 Å². The number of benzene rings is 1. The van der Waals surface area contributed by atoms with E-state index in [4.69, 9.17) is 0 Å². The summed E-state index contributed by atoms with van der Waals surface area (Å²) < 4.78 is 15.6. The van der Waals surface area contributed by atoms with Crippen LogP contribution < -0.4 is 5.32 Å². The third-order valence-electron chi connectivity index (χ3n) is 4.13. The van der Waals surface area contributed by atoms with Gasteiger partial charge in [-0.1, -0.05) is 12.1 Å². The van der Waals surface area contributed by atoms with E-state index in [2.05, 4.69) is 10.3 Å². The van der Waals surface area contributed by atoms with Crippen LogP contribution in [0.3, 0.4) is 0 Å². The number of aromatic nitrogens is 2. The Morgan fingerprint density at radius 1 is 1.44 bits per heavy atom. The molecule has 2 heterocycles. The molecule has 1 atom stereocenters. The normalized spacial score (nSPS) is 17.2. The van der Waals surface area contributed by atoms with E-state index in [0.29, 0.717) is 30.2 Å². The summed E-state index contributed by atoms with van der Waals surface area (Å²) in [6.07, 6.45) is 4.03. The molecule has 1 saturated heterocycles. The van der Waals surface area contributed by atoms with Crippen molar-refractivity contribution in [2.75, 3.05) is 25.4 Å². The summed E-state index contributed by atoms with van der Waals surface area (Å²) in [5, 5.41) is 3.32. The van der Waals surface area contributed by atoms with Crippen molar-refractivity contribution in [3.05, 3.63) is 48.3 Å². The number of imidazole rings is 1. The first-order chi connectivity index (χ1) is 11.7. The molecule has 2 aromatic rings. The minimum atomic E-state index is -0.233. The molecule has 1 amide bonds. The van der Waals surface area contributed by atoms with Gasteiger partial charge in [-0.25, -0.2) is 9.37 Å². The van der Waals surface area contributed by atoms with Crippen molar-refractivity contribution in [3.8, 4) is 0 Å². The minimum Gasteiger partial charge on any atom is -0.336 e. The Balaban J connectivity index is 0.00000225. The predicted octanol–water partition coefficient (Wildman–Crippen LogP) is 2.64. The molecular weight excluding hydrogens is 363 g/mol. The largest absolute Gasteiger partial charge is 0.336 e. The van der Waals surface area contributed by atoms with Gasteiger partial charge in [0.1, 0.15) is 17.7 Å². The van der Waals surface area contributed by atoms with Crippen molar-refractivity contribution in [1.82, 2.24) is 19.8 Å². The maximum Gasteiger partial charge on any atom is 0.224 e. The Labute approximate surface area is 157 Å². The van der Waals surface area contributed by atoms with E-state index >= 15 is 0 Å². The fourth-order valence-corrected chi connectivity index (χ4v) is 3.76. The molecule has 0 saturated carbocycles. The number of halogens is 2. The molecule has 5 nitrogen and oxygen atoms in total. The summed E-state index contributed by atoms with van der Waals surface area (Å²) in [6.45, 7) is 2.16. The minimum absolute atomic E-state index is 0. The number of thioether (sulfide) groups is 1. The fraction of sp³-hybridized carbons (Fsp3) is 0.412. The molecule has 1 unspecified atom stereocenters. The van der Waals surface area contributed by atoms with Crippen LogP contribution in [-0.2, 0) is 11.8 Å². The number of rotatable bonds is 5. The molecule has 0 spiro atoms. The summed E-state index contributed by atoms with van der Waals surface area (Å²) in [4.78, 5) is 19.5. The van der Waals surface area contributed by atoms with Crippen LogP contribution in [0.1, 0.15) is 18.3 Å². The first kappa shape index (κ1) is 19.8. The lowest BCUT2D eigenvalue weighted by atomic mass is 10.1. The smallest absolute Gasteiger partial charge is 0.224 e. The van der Waals surface area contributed by atoms with E-state index in [-0.39, 0.29) is 30.2 Å². The van der Waals surface area contributed by atoms with Crippen molar-refractivity contribution in [2.24, 2.45) is 7.05 Å². The molecule has 3 rings (SSSR count). The second kappa shape index (κ2) is 9.22. The highest BCUT2D eigenvalue weighted by Gasteiger charge is 2.29. The Hall–Kier alpha value is -1.57. The van der Waals surface area contributed by atoms with Gasteiger partial charge in [0.2, 0.25) is 5.91 Å². The van der Waals surface area contributed by atoms with Crippen LogP contribution in [0.2, 0.25) is 0 Å². The van der Waals surface area contributed by atoms with Gasteiger partial charge in [-0.2, -0.15) is 0 Å². The van der Waals surface area contributed by atoms with Crippen molar-refractivity contribution >= 4 is 30.1 Å². The molecule has 1 aromatic heterocycles. The number of hydrogen-bond donors (Lipinski definition) is 1. The number of carbonyl (C=O) groups is 1. The topological polar surface area (TPSA) is 50.2 Å². The van der Waals surface area contributed by atoms with Gasteiger partial charge in [0, 0.05) is 56.1 Å². The zero-order valence-corrected chi connectivity index (χ0v) is 15.7. The van der Waals surface area contributed by atoms with Gasteiger partial charge in [0.15, 0.2) is 0 Å². The van der Waals surface area contributed by atoms with E-state index < -0.39 is 0 Å². The predicted molar refractivity (Wildman–Crippen MR) is 99.5 cm³/mol. The molecule has 1 aliphatic rings. The van der Waals surface area contributed by atoms with E-state index in [1.807, 2.05) is 22.7 Å². The second-order valence-electron chi connectivity index (χ2n) is 5.73. The van der Waals surface area contributed by atoms with E-state index in [1.54, 1.807) is 24.4 Å². The number of nitrogens with zero attached hydrogens (tertiary/aromatic N) is 3. The molecule has 25 heavy (non-hydrogen) atoms. The molecule has 136 valence electrons. The number of amides is 1. The monoisotopic (exact) mass is 384 g/mol. The Morgan fingerprint density at radius 2 is 2.24 bits per heavy atom. The molecule has 1 aliphatic heterocycles. The quantitative estimate of drug-likeness (QED) is 0.805. The molecule has 1 N–H and O–H groups in total. The van der Waals surface area contributed by atoms with Crippen molar-refractivity contribution in [1.29, 1.82) is 0 Å². The molecule has 0 aliphatic carbocycles. The number of nitrogens with one attached hydrogen (secondary N) is 1. The first-order valence-corrected chi connectivity index (χ1v) is 9.00. The zero-order valence-electron chi connectivity index (χ0n) is 14.0. The van der Waals surface area contributed by atoms with Crippen LogP contribution in [0.4, 0.5) is 4.39 Å². The lowest BCUT2D eigenvalue weighted by molar-refractivity contribution is -0.134. The average Bonchev–Trinajstić information content (AvgIpc) is 3.02. The Bertz CT molecular complexity index is 711. The molecule has 0 bridgehead atoms. The summed E-state index contributed by atoms with van der Waals surface area (Å²) >= 11 is 1.38. The fourth-order valence-electron chi connectivity index (χ4n) is 2.89. The van der Waals surface area contributed by atoms with Crippen molar-refractivity contribution in [3.63, 3.8) is 0 Å². The van der Waals surface area contributed by atoms with Crippen LogP contribution in [0.25, 0.3) is 0 Å². The van der Waals surface area contributed by atoms with Gasteiger partial charge in [-0.3, -0.25) is 4.79 Å². The molecular formula is C17H22ClFN4OS. The number of piperazine rings is 1. The van der Waals surface area contributed by atoms with Crippen LogP contribution in [0, 0.1) is 5.82 Å². The van der Waals surface area contributed by atoms with Gasteiger partial charge < -0.3 is 14.8 Å². The lowest BCUT2D eigenvalue weighted by Crippen LogP contribution is -2.49. The van der Waals surface area contributed by atoms with Crippen LogP contribution in [-0.4, -0.2) is 45.7 Å². The Kier molecular flexibility index (Phi) is 7.28. The SMILES string of the molecule is Cl.Cn1ccnc1C1CNCCN1C(=O)CCSc1ccccc1F. The molecule has 0 radical (unpaired) electrons. The van der Waals surface area contributed by atoms with Gasteiger partial charge in [-0.15, -0.1) is 24.2 Å². The van der Waals surface area contributed by atoms with Gasteiger partial charge in [0.25, 0.3) is 0 Å². The summed E-state index contributed by atoms with van der Waals surface area (Å²) in [6, 6.07) is 6.61. The zero-order chi connectivity index (χ0) is 16.9.